The van der Waals surface area contributed by atoms with Crippen molar-refractivity contribution < 1.29 is 5.11 Å². The van der Waals surface area contributed by atoms with Crippen molar-refractivity contribution in [3.63, 3.8) is 0 Å². The van der Waals surface area contributed by atoms with Crippen LogP contribution < -0.4 is 5.32 Å². The summed E-state index contributed by atoms with van der Waals surface area (Å²) < 4.78 is 0.902. The lowest BCUT2D eigenvalue weighted by atomic mass is 9.97. The van der Waals surface area contributed by atoms with Gasteiger partial charge in [0.15, 0.2) is 0 Å². The third-order valence-corrected chi connectivity index (χ3v) is 4.60. The first-order chi connectivity index (χ1) is 12.7. The predicted molar refractivity (Wildman–Crippen MR) is 105 cm³/mol. The van der Waals surface area contributed by atoms with Crippen molar-refractivity contribution in [2.24, 2.45) is 0 Å². The fraction of sp³-hybridized carbons (Fsp3) is 0.0500. The molecule has 0 aliphatic rings. The summed E-state index contributed by atoms with van der Waals surface area (Å²) >= 11 is 3.39. The van der Waals surface area contributed by atoms with Crippen LogP contribution in [0.25, 0.3) is 10.9 Å². The van der Waals surface area contributed by atoms with E-state index < -0.39 is 0 Å². The van der Waals surface area contributed by atoms with Gasteiger partial charge >= 0.3 is 0 Å². The van der Waals surface area contributed by atoms with Crippen LogP contribution in [-0.2, 0) is 0 Å². The van der Waals surface area contributed by atoms with E-state index >= 15 is 0 Å². The molecular formula is C20H15BrN4O. The Labute approximate surface area is 158 Å². The average molecular weight is 407 g/mol. The van der Waals surface area contributed by atoms with Crippen LogP contribution in [0.4, 0.5) is 5.82 Å². The molecule has 0 aliphatic heterocycles. The molecule has 3 heterocycles. The first-order valence-electron chi connectivity index (χ1n) is 8.07. The Balaban J connectivity index is 1.83. The molecule has 1 aromatic carbocycles. The second-order valence-corrected chi connectivity index (χ2v) is 6.72. The molecule has 0 bridgehead atoms. The van der Waals surface area contributed by atoms with Crippen molar-refractivity contribution in [3.8, 4) is 5.75 Å². The predicted octanol–water partition coefficient (Wildman–Crippen LogP) is 4.69. The number of phenols is 1. The van der Waals surface area contributed by atoms with Crippen LogP contribution in [0.15, 0.2) is 77.8 Å². The van der Waals surface area contributed by atoms with E-state index in [0.717, 1.165) is 15.4 Å². The normalized spacial score (nSPS) is 12.0. The van der Waals surface area contributed by atoms with Gasteiger partial charge in [-0.2, -0.15) is 0 Å². The Morgan fingerprint density at radius 2 is 1.81 bits per heavy atom. The Bertz CT molecular complexity index is 1040. The SMILES string of the molecule is Oc1c(C(Nc2ccc(Br)cn2)c2cccnc2)ccc2cccnc12. The van der Waals surface area contributed by atoms with Crippen LogP contribution in [0.2, 0.25) is 0 Å². The topological polar surface area (TPSA) is 70.9 Å². The maximum Gasteiger partial charge on any atom is 0.147 e. The van der Waals surface area contributed by atoms with Gasteiger partial charge in [-0.3, -0.25) is 9.97 Å². The number of anilines is 1. The molecule has 4 aromatic rings. The van der Waals surface area contributed by atoms with Crippen molar-refractivity contribution in [1.29, 1.82) is 0 Å². The van der Waals surface area contributed by atoms with Gasteiger partial charge in [0.1, 0.15) is 17.1 Å². The number of aromatic hydroxyl groups is 1. The molecule has 0 amide bonds. The molecule has 1 unspecified atom stereocenters. The Morgan fingerprint density at radius 3 is 2.58 bits per heavy atom. The third-order valence-electron chi connectivity index (χ3n) is 4.13. The number of halogens is 1. The number of nitrogens with zero attached hydrogens (tertiary/aromatic N) is 3. The van der Waals surface area contributed by atoms with Gasteiger partial charge < -0.3 is 10.4 Å². The molecule has 1 atom stereocenters. The number of nitrogens with one attached hydrogen (secondary N) is 1. The lowest BCUT2D eigenvalue weighted by Crippen LogP contribution is -2.14. The second-order valence-electron chi connectivity index (χ2n) is 5.80. The monoisotopic (exact) mass is 406 g/mol. The molecular weight excluding hydrogens is 392 g/mol. The average Bonchev–Trinajstić information content (AvgIpc) is 2.69. The van der Waals surface area contributed by atoms with E-state index in [9.17, 15) is 5.11 Å². The first-order valence-corrected chi connectivity index (χ1v) is 8.86. The molecule has 0 aliphatic carbocycles. The highest BCUT2D eigenvalue weighted by Gasteiger charge is 2.20. The maximum absolute atomic E-state index is 10.9. The van der Waals surface area contributed by atoms with Crippen molar-refractivity contribution >= 4 is 32.7 Å². The van der Waals surface area contributed by atoms with Crippen molar-refractivity contribution in [1.82, 2.24) is 15.0 Å². The van der Waals surface area contributed by atoms with Gasteiger partial charge in [0, 0.05) is 40.2 Å². The highest BCUT2D eigenvalue weighted by Crippen LogP contribution is 2.35. The third kappa shape index (κ3) is 3.23. The van der Waals surface area contributed by atoms with Gasteiger partial charge in [-0.15, -0.1) is 0 Å². The van der Waals surface area contributed by atoms with E-state index in [1.165, 1.54) is 0 Å². The van der Waals surface area contributed by atoms with Gasteiger partial charge in [-0.25, -0.2) is 4.98 Å². The number of hydrogen-bond donors (Lipinski definition) is 2. The van der Waals surface area contributed by atoms with E-state index in [4.69, 9.17) is 0 Å². The van der Waals surface area contributed by atoms with Crippen LogP contribution in [0.3, 0.4) is 0 Å². The van der Waals surface area contributed by atoms with Gasteiger partial charge in [0.05, 0.1) is 6.04 Å². The van der Waals surface area contributed by atoms with Crippen LogP contribution >= 0.6 is 15.9 Å². The quantitative estimate of drug-likeness (QED) is 0.514. The summed E-state index contributed by atoms with van der Waals surface area (Å²) in [5.74, 6) is 0.851. The lowest BCUT2D eigenvalue weighted by Gasteiger charge is -2.21. The summed E-state index contributed by atoms with van der Waals surface area (Å²) in [4.78, 5) is 12.9. The molecule has 0 saturated carbocycles. The number of aromatic nitrogens is 3. The fourth-order valence-electron chi connectivity index (χ4n) is 2.87. The summed E-state index contributed by atoms with van der Waals surface area (Å²) in [6.45, 7) is 0. The van der Waals surface area contributed by atoms with Crippen LogP contribution in [0, 0.1) is 0 Å². The molecule has 0 spiro atoms. The molecule has 0 saturated heterocycles. The van der Waals surface area contributed by atoms with E-state index in [1.807, 2.05) is 48.5 Å². The number of fused-ring (bicyclic) bond motifs is 1. The van der Waals surface area contributed by atoms with E-state index in [2.05, 4.69) is 36.2 Å². The minimum Gasteiger partial charge on any atom is -0.505 e. The summed E-state index contributed by atoms with van der Waals surface area (Å²) in [7, 11) is 0. The van der Waals surface area contributed by atoms with E-state index in [0.29, 0.717) is 16.9 Å². The molecule has 0 radical (unpaired) electrons. The Kier molecular flexibility index (Phi) is 4.50. The number of rotatable bonds is 4. The zero-order chi connectivity index (χ0) is 17.9. The number of hydrogen-bond acceptors (Lipinski definition) is 5. The zero-order valence-corrected chi connectivity index (χ0v) is 15.3. The number of pyridine rings is 3. The van der Waals surface area contributed by atoms with Gasteiger partial charge in [0.2, 0.25) is 0 Å². The molecule has 0 fully saturated rings. The second kappa shape index (κ2) is 7.09. The summed E-state index contributed by atoms with van der Waals surface area (Å²) in [6.07, 6.45) is 6.90. The minimum absolute atomic E-state index is 0.154. The largest absolute Gasteiger partial charge is 0.505 e. The first kappa shape index (κ1) is 16.5. The van der Waals surface area contributed by atoms with Crippen molar-refractivity contribution in [2.45, 2.75) is 6.04 Å². The highest BCUT2D eigenvalue weighted by atomic mass is 79.9. The summed E-state index contributed by atoms with van der Waals surface area (Å²) in [6, 6.07) is 14.9. The van der Waals surface area contributed by atoms with Crippen LogP contribution in [0.5, 0.6) is 5.75 Å². The smallest absolute Gasteiger partial charge is 0.147 e. The Hall–Kier alpha value is -2.99. The van der Waals surface area contributed by atoms with Crippen molar-refractivity contribution in [2.75, 3.05) is 5.32 Å². The maximum atomic E-state index is 10.9. The highest BCUT2D eigenvalue weighted by molar-refractivity contribution is 9.10. The molecule has 5 nitrogen and oxygen atoms in total. The van der Waals surface area contributed by atoms with Crippen molar-refractivity contribution in [3.05, 3.63) is 88.9 Å². The molecule has 6 heteroatoms. The van der Waals surface area contributed by atoms with Crippen LogP contribution in [-0.4, -0.2) is 20.1 Å². The van der Waals surface area contributed by atoms with E-state index in [-0.39, 0.29) is 11.8 Å². The summed E-state index contributed by atoms with van der Waals surface area (Å²) in [5.41, 5.74) is 2.21. The van der Waals surface area contributed by atoms with Gasteiger partial charge in [0.25, 0.3) is 0 Å². The molecule has 2 N–H and O–H groups in total. The molecule has 4 rings (SSSR count). The summed E-state index contributed by atoms with van der Waals surface area (Å²) in [5, 5.41) is 15.1. The molecule has 26 heavy (non-hydrogen) atoms. The number of benzene rings is 1. The van der Waals surface area contributed by atoms with Gasteiger partial charge in [-0.1, -0.05) is 24.3 Å². The lowest BCUT2D eigenvalue weighted by molar-refractivity contribution is 0.471. The standard InChI is InChI=1S/C20H15BrN4O/c21-15-6-8-17(24-12-15)25-18(14-4-1-9-22-11-14)16-7-5-13-3-2-10-23-19(13)20(16)26/h1-12,18,26H,(H,24,25). The molecule has 3 aromatic heterocycles. The fourth-order valence-corrected chi connectivity index (χ4v) is 3.11. The van der Waals surface area contributed by atoms with Crippen LogP contribution in [0.1, 0.15) is 17.2 Å². The number of phenolic OH excluding ortho intramolecular Hbond substituents is 1. The Morgan fingerprint density at radius 1 is 0.923 bits per heavy atom. The van der Waals surface area contributed by atoms with E-state index in [1.54, 1.807) is 24.8 Å². The van der Waals surface area contributed by atoms with Gasteiger partial charge in [-0.05, 0) is 45.8 Å². The molecule has 128 valence electrons. The zero-order valence-electron chi connectivity index (χ0n) is 13.7. The minimum atomic E-state index is -0.316.